The molecule has 1 aromatic rings. The van der Waals surface area contributed by atoms with Crippen molar-refractivity contribution in [3.05, 3.63) is 29.6 Å². The van der Waals surface area contributed by atoms with Crippen LogP contribution >= 0.6 is 0 Å². The number of hydrogen-bond acceptors (Lipinski definition) is 5. The largest absolute Gasteiger partial charge is 0.483 e. The molecule has 2 aliphatic heterocycles. The van der Waals surface area contributed by atoms with E-state index in [4.69, 9.17) is 14.6 Å². The van der Waals surface area contributed by atoms with Crippen LogP contribution in [0.1, 0.15) is 67.4 Å². The minimum atomic E-state index is -0.250. The number of carboxylic acid groups (broad SMARTS) is 1. The van der Waals surface area contributed by atoms with Crippen LogP contribution in [-0.2, 0) is 14.3 Å². The van der Waals surface area contributed by atoms with Crippen LogP contribution in [0.2, 0.25) is 0 Å². The van der Waals surface area contributed by atoms with Crippen LogP contribution < -0.4 is 5.32 Å². The number of carbonyl (C=O) groups excluding carboxylic acids is 2. The van der Waals surface area contributed by atoms with E-state index >= 15 is 0 Å². The topological polar surface area (TPSA) is 109 Å². The van der Waals surface area contributed by atoms with Gasteiger partial charge < -0.3 is 20.1 Å². The molecule has 3 aliphatic rings. The first kappa shape index (κ1) is 23.2. The highest BCUT2D eigenvalue weighted by Gasteiger charge is 2.40. The summed E-state index contributed by atoms with van der Waals surface area (Å²) >= 11 is 0. The molecule has 8 heteroatoms. The summed E-state index contributed by atoms with van der Waals surface area (Å²) in [6.07, 6.45) is 9.33. The fourth-order valence-corrected chi connectivity index (χ4v) is 4.90. The standard InChI is InChI=1S/C22H31N3O3.CH2O2/c1-16-3-4-18(15-23-16)20(26)24-19-7-5-17(6-8-19)21(27)25-12-10-22(11-13-25)9-2-14-28-22;2-1-3/h3-4,15,17,19H,2,5-14H2,1H3,(H,24,26);1H,(H,2,3). The molecule has 2 N–H and O–H groups in total. The molecule has 8 nitrogen and oxygen atoms in total. The number of rotatable bonds is 3. The number of carbonyl (C=O) groups is 3. The smallest absolute Gasteiger partial charge is 0.290 e. The average Bonchev–Trinajstić information content (AvgIpc) is 3.23. The lowest BCUT2D eigenvalue weighted by atomic mass is 9.83. The Bertz CT molecular complexity index is 743. The number of ether oxygens (including phenoxy) is 1. The summed E-state index contributed by atoms with van der Waals surface area (Å²) in [7, 11) is 0. The Kier molecular flexibility index (Phi) is 8.01. The average molecular weight is 432 g/mol. The van der Waals surface area contributed by atoms with Gasteiger partial charge in [-0.25, -0.2) is 0 Å². The Morgan fingerprint density at radius 2 is 1.87 bits per heavy atom. The van der Waals surface area contributed by atoms with Crippen molar-refractivity contribution < 1.29 is 24.2 Å². The zero-order chi connectivity index (χ0) is 22.3. The van der Waals surface area contributed by atoms with Crippen LogP contribution in [0.4, 0.5) is 0 Å². The highest BCUT2D eigenvalue weighted by Crippen LogP contribution is 2.36. The molecule has 2 amide bonds. The van der Waals surface area contributed by atoms with Gasteiger partial charge in [0.25, 0.3) is 12.4 Å². The van der Waals surface area contributed by atoms with E-state index in [0.717, 1.165) is 76.8 Å². The third kappa shape index (κ3) is 6.03. The lowest BCUT2D eigenvalue weighted by Gasteiger charge is -2.40. The van der Waals surface area contributed by atoms with E-state index in [0.29, 0.717) is 11.5 Å². The monoisotopic (exact) mass is 431 g/mol. The highest BCUT2D eigenvalue weighted by atomic mass is 16.5. The molecule has 1 spiro atoms. The Morgan fingerprint density at radius 1 is 1.19 bits per heavy atom. The van der Waals surface area contributed by atoms with Crippen LogP contribution in [0.5, 0.6) is 0 Å². The second kappa shape index (κ2) is 10.7. The molecule has 31 heavy (non-hydrogen) atoms. The molecule has 3 fully saturated rings. The number of nitrogens with one attached hydrogen (secondary N) is 1. The van der Waals surface area contributed by atoms with E-state index in [1.54, 1.807) is 6.20 Å². The van der Waals surface area contributed by atoms with Gasteiger partial charge in [-0.2, -0.15) is 0 Å². The molecule has 0 atom stereocenters. The molecular weight excluding hydrogens is 398 g/mol. The van der Waals surface area contributed by atoms with Crippen LogP contribution in [-0.4, -0.2) is 64.6 Å². The van der Waals surface area contributed by atoms with E-state index in [1.807, 2.05) is 19.1 Å². The molecule has 0 radical (unpaired) electrons. The third-order valence-electron chi connectivity index (χ3n) is 6.76. The number of amides is 2. The molecule has 1 aliphatic carbocycles. The van der Waals surface area contributed by atoms with Crippen molar-refractivity contribution in [2.24, 2.45) is 5.92 Å². The molecule has 0 aromatic carbocycles. The van der Waals surface area contributed by atoms with E-state index < -0.39 is 0 Å². The summed E-state index contributed by atoms with van der Waals surface area (Å²) in [6.45, 7) is 4.19. The molecule has 170 valence electrons. The van der Waals surface area contributed by atoms with Crippen LogP contribution in [0.15, 0.2) is 18.3 Å². The predicted octanol–water partition coefficient (Wildman–Crippen LogP) is 2.55. The second-order valence-electron chi connectivity index (χ2n) is 8.78. The van der Waals surface area contributed by atoms with Gasteiger partial charge in [0.2, 0.25) is 5.91 Å². The number of aryl methyl sites for hydroxylation is 1. The quantitative estimate of drug-likeness (QED) is 0.712. The summed E-state index contributed by atoms with van der Waals surface area (Å²) in [4.78, 5) is 39.9. The van der Waals surface area contributed by atoms with E-state index in [2.05, 4.69) is 15.2 Å². The molecule has 1 aromatic heterocycles. The summed E-state index contributed by atoms with van der Waals surface area (Å²) in [5, 5.41) is 10.00. The summed E-state index contributed by atoms with van der Waals surface area (Å²) in [5.41, 5.74) is 1.56. The molecule has 0 unspecified atom stereocenters. The lowest BCUT2D eigenvalue weighted by Crippen LogP contribution is -2.49. The van der Waals surface area contributed by atoms with E-state index in [9.17, 15) is 9.59 Å². The van der Waals surface area contributed by atoms with Crippen LogP contribution in [0, 0.1) is 12.8 Å². The molecule has 2 saturated heterocycles. The molecule has 1 saturated carbocycles. The Balaban J connectivity index is 0.000000858. The number of likely N-dealkylation sites (tertiary alicyclic amines) is 1. The van der Waals surface area contributed by atoms with Crippen molar-refractivity contribution in [3.8, 4) is 0 Å². The predicted molar refractivity (Wildman–Crippen MR) is 115 cm³/mol. The number of piperidine rings is 1. The Morgan fingerprint density at radius 3 is 2.42 bits per heavy atom. The van der Waals surface area contributed by atoms with Gasteiger partial charge >= 0.3 is 0 Å². The third-order valence-corrected chi connectivity index (χ3v) is 6.76. The van der Waals surface area contributed by atoms with Gasteiger partial charge in [-0.1, -0.05) is 0 Å². The van der Waals surface area contributed by atoms with Gasteiger partial charge in [0.15, 0.2) is 0 Å². The van der Waals surface area contributed by atoms with Gasteiger partial charge in [-0.05, 0) is 70.4 Å². The maximum Gasteiger partial charge on any atom is 0.290 e. The highest BCUT2D eigenvalue weighted by molar-refractivity contribution is 5.94. The fourth-order valence-electron chi connectivity index (χ4n) is 4.90. The number of aromatic nitrogens is 1. The zero-order valence-corrected chi connectivity index (χ0v) is 18.2. The SMILES string of the molecule is Cc1ccc(C(=O)NC2CCC(C(=O)N3CCC4(CCCO4)CC3)CC2)cn1.O=CO. The van der Waals surface area contributed by atoms with E-state index in [1.165, 1.54) is 0 Å². The minimum absolute atomic E-state index is 0.0591. The normalized spacial score (nSPS) is 24.7. The maximum absolute atomic E-state index is 12.9. The zero-order valence-electron chi connectivity index (χ0n) is 18.2. The summed E-state index contributed by atoms with van der Waals surface area (Å²) in [6, 6.07) is 3.81. The van der Waals surface area contributed by atoms with Gasteiger partial charge in [0, 0.05) is 43.5 Å². The number of pyridine rings is 1. The molecule has 4 rings (SSSR count). The molecule has 0 bridgehead atoms. The molecule has 3 heterocycles. The first-order chi connectivity index (χ1) is 15.0. The van der Waals surface area contributed by atoms with Crippen LogP contribution in [0.3, 0.4) is 0 Å². The lowest BCUT2D eigenvalue weighted by molar-refractivity contribution is -0.141. The van der Waals surface area contributed by atoms with Crippen LogP contribution in [0.25, 0.3) is 0 Å². The summed E-state index contributed by atoms with van der Waals surface area (Å²) < 4.78 is 5.97. The minimum Gasteiger partial charge on any atom is -0.483 e. The maximum atomic E-state index is 12.9. The van der Waals surface area contributed by atoms with Gasteiger partial charge in [0.1, 0.15) is 0 Å². The first-order valence-electron chi connectivity index (χ1n) is 11.2. The number of nitrogens with zero attached hydrogens (tertiary/aromatic N) is 2. The van der Waals surface area contributed by atoms with Crippen molar-refractivity contribution >= 4 is 18.3 Å². The Labute approximate surface area is 183 Å². The van der Waals surface area contributed by atoms with Crippen molar-refractivity contribution in [2.75, 3.05) is 19.7 Å². The van der Waals surface area contributed by atoms with Crippen molar-refractivity contribution in [1.29, 1.82) is 0 Å². The van der Waals surface area contributed by atoms with E-state index in [-0.39, 0.29) is 29.9 Å². The van der Waals surface area contributed by atoms with Crippen molar-refractivity contribution in [1.82, 2.24) is 15.2 Å². The second-order valence-corrected chi connectivity index (χ2v) is 8.78. The van der Waals surface area contributed by atoms with Gasteiger partial charge in [0.05, 0.1) is 11.2 Å². The first-order valence-corrected chi connectivity index (χ1v) is 11.2. The summed E-state index contributed by atoms with van der Waals surface area (Å²) in [5.74, 6) is 0.341. The van der Waals surface area contributed by atoms with Crippen molar-refractivity contribution in [2.45, 2.75) is 69.9 Å². The Hall–Kier alpha value is -2.48. The fraction of sp³-hybridized carbons (Fsp3) is 0.652. The van der Waals surface area contributed by atoms with Gasteiger partial charge in [-0.3, -0.25) is 19.4 Å². The number of hydrogen-bond donors (Lipinski definition) is 2. The van der Waals surface area contributed by atoms with Gasteiger partial charge in [-0.15, -0.1) is 0 Å². The van der Waals surface area contributed by atoms with Crippen molar-refractivity contribution in [3.63, 3.8) is 0 Å². The molecular formula is C23H33N3O5.